The van der Waals surface area contributed by atoms with E-state index in [-0.39, 0.29) is 16.4 Å². The third kappa shape index (κ3) is 5.07. The van der Waals surface area contributed by atoms with Crippen LogP contribution in [0.2, 0.25) is 0 Å². The molecule has 0 saturated carbocycles. The van der Waals surface area contributed by atoms with Gasteiger partial charge in [0.05, 0.1) is 10.6 Å². The molecule has 0 saturated heterocycles. The van der Waals surface area contributed by atoms with E-state index in [0.29, 0.717) is 5.69 Å². The number of carboxylic acid groups (broad SMARTS) is 1. The Kier molecular flexibility index (Phi) is 6.22. The van der Waals surface area contributed by atoms with Crippen molar-refractivity contribution >= 4 is 27.6 Å². The van der Waals surface area contributed by atoms with Crippen LogP contribution in [0, 0.1) is 12.8 Å². The largest absolute Gasteiger partial charge is 0.480 e. The normalized spacial score (nSPS) is 12.4. The summed E-state index contributed by atoms with van der Waals surface area (Å²) in [6.07, 6.45) is 0. The molecule has 0 aliphatic rings. The zero-order valence-corrected chi connectivity index (χ0v) is 16.1. The average Bonchev–Trinajstić information content (AvgIpc) is 2.61. The van der Waals surface area contributed by atoms with E-state index in [4.69, 9.17) is 5.11 Å². The molecule has 2 aromatic carbocycles. The van der Waals surface area contributed by atoms with Crippen LogP contribution in [-0.2, 0) is 14.8 Å². The first-order valence-electron chi connectivity index (χ1n) is 8.34. The van der Waals surface area contributed by atoms with Crippen LogP contribution in [0.3, 0.4) is 0 Å². The molecule has 2 aromatic rings. The van der Waals surface area contributed by atoms with Gasteiger partial charge in [0, 0.05) is 5.56 Å². The summed E-state index contributed by atoms with van der Waals surface area (Å²) in [5.74, 6) is -1.99. The molecule has 1 amide bonds. The lowest BCUT2D eigenvalue weighted by molar-refractivity contribution is -0.140. The summed E-state index contributed by atoms with van der Waals surface area (Å²) in [6.45, 7) is 5.16. The second kappa shape index (κ2) is 8.22. The third-order valence-corrected chi connectivity index (χ3v) is 5.42. The SMILES string of the molecule is Cc1ccccc1NS(=O)(=O)c1ccc(C(=O)NC(C(=O)O)C(C)C)cc1. The molecule has 0 spiro atoms. The Morgan fingerprint density at radius 1 is 1.00 bits per heavy atom. The highest BCUT2D eigenvalue weighted by Crippen LogP contribution is 2.19. The molecule has 1 atom stereocenters. The highest BCUT2D eigenvalue weighted by atomic mass is 32.2. The lowest BCUT2D eigenvalue weighted by atomic mass is 10.0. The molecular formula is C19H22N2O5S. The molecule has 0 fully saturated rings. The number of benzene rings is 2. The molecule has 27 heavy (non-hydrogen) atoms. The Morgan fingerprint density at radius 2 is 1.59 bits per heavy atom. The van der Waals surface area contributed by atoms with Crippen molar-refractivity contribution in [3.05, 3.63) is 59.7 Å². The predicted octanol–water partition coefficient (Wildman–Crippen LogP) is 2.63. The summed E-state index contributed by atoms with van der Waals surface area (Å²) in [5, 5.41) is 11.6. The van der Waals surface area contributed by atoms with Gasteiger partial charge in [-0.2, -0.15) is 0 Å². The van der Waals surface area contributed by atoms with E-state index >= 15 is 0 Å². The highest BCUT2D eigenvalue weighted by Gasteiger charge is 2.24. The van der Waals surface area contributed by atoms with Crippen LogP contribution in [-0.4, -0.2) is 31.4 Å². The number of anilines is 1. The molecule has 0 radical (unpaired) electrons. The molecule has 0 heterocycles. The van der Waals surface area contributed by atoms with Crippen molar-refractivity contribution < 1.29 is 23.1 Å². The van der Waals surface area contributed by atoms with Crippen molar-refractivity contribution in [3.63, 3.8) is 0 Å². The predicted molar refractivity (Wildman–Crippen MR) is 102 cm³/mol. The number of hydrogen-bond donors (Lipinski definition) is 3. The maximum atomic E-state index is 12.5. The van der Waals surface area contributed by atoms with Gasteiger partial charge in [0.1, 0.15) is 6.04 Å². The average molecular weight is 390 g/mol. The van der Waals surface area contributed by atoms with Crippen LogP contribution in [0.4, 0.5) is 5.69 Å². The number of aliphatic carboxylic acids is 1. The second-order valence-electron chi connectivity index (χ2n) is 6.48. The number of rotatable bonds is 7. The summed E-state index contributed by atoms with van der Waals surface area (Å²) in [5.41, 5.74) is 1.43. The monoisotopic (exact) mass is 390 g/mol. The van der Waals surface area contributed by atoms with Crippen molar-refractivity contribution in [2.45, 2.75) is 31.7 Å². The molecule has 8 heteroatoms. The van der Waals surface area contributed by atoms with Crippen molar-refractivity contribution in [2.24, 2.45) is 5.92 Å². The fourth-order valence-electron chi connectivity index (χ4n) is 2.41. The molecule has 0 aliphatic carbocycles. The number of aryl methyl sites for hydroxylation is 1. The van der Waals surface area contributed by atoms with Gasteiger partial charge < -0.3 is 10.4 Å². The molecule has 7 nitrogen and oxygen atoms in total. The minimum absolute atomic E-state index is 0.000877. The van der Waals surface area contributed by atoms with E-state index in [1.165, 1.54) is 24.3 Å². The molecule has 3 N–H and O–H groups in total. The molecule has 0 bridgehead atoms. The van der Waals surface area contributed by atoms with Gasteiger partial charge in [-0.25, -0.2) is 13.2 Å². The first kappa shape index (κ1) is 20.4. The van der Waals surface area contributed by atoms with Gasteiger partial charge in [0.2, 0.25) is 0 Å². The van der Waals surface area contributed by atoms with Gasteiger partial charge in [0.25, 0.3) is 15.9 Å². The Balaban J connectivity index is 2.17. The van der Waals surface area contributed by atoms with Crippen LogP contribution >= 0.6 is 0 Å². The molecule has 1 unspecified atom stereocenters. The summed E-state index contributed by atoms with van der Waals surface area (Å²) in [6, 6.07) is 11.3. The van der Waals surface area contributed by atoms with E-state index in [9.17, 15) is 18.0 Å². The van der Waals surface area contributed by atoms with Gasteiger partial charge in [-0.05, 0) is 48.7 Å². The first-order valence-corrected chi connectivity index (χ1v) is 9.82. The van der Waals surface area contributed by atoms with E-state index < -0.39 is 27.9 Å². The summed E-state index contributed by atoms with van der Waals surface area (Å²) < 4.78 is 27.5. The lowest BCUT2D eigenvalue weighted by Gasteiger charge is -2.18. The number of carbonyl (C=O) groups excluding carboxylic acids is 1. The van der Waals surface area contributed by atoms with Crippen molar-refractivity contribution in [3.8, 4) is 0 Å². The van der Waals surface area contributed by atoms with Crippen LogP contribution in [0.25, 0.3) is 0 Å². The zero-order chi connectivity index (χ0) is 20.2. The standard InChI is InChI=1S/C19H22N2O5S/c1-12(2)17(19(23)24)20-18(22)14-8-10-15(11-9-14)27(25,26)21-16-7-5-4-6-13(16)3/h4-12,17,21H,1-3H3,(H,20,22)(H,23,24). The van der Waals surface area contributed by atoms with Gasteiger partial charge in [-0.3, -0.25) is 9.52 Å². The van der Waals surface area contributed by atoms with E-state index in [0.717, 1.165) is 5.56 Å². The number of sulfonamides is 1. The fraction of sp³-hybridized carbons (Fsp3) is 0.263. The molecule has 144 valence electrons. The van der Waals surface area contributed by atoms with Crippen LogP contribution < -0.4 is 10.0 Å². The summed E-state index contributed by atoms with van der Waals surface area (Å²) in [4.78, 5) is 23.4. The third-order valence-electron chi connectivity index (χ3n) is 4.04. The number of para-hydroxylation sites is 1. The quantitative estimate of drug-likeness (QED) is 0.673. The maximum absolute atomic E-state index is 12.5. The zero-order valence-electron chi connectivity index (χ0n) is 15.3. The summed E-state index contributed by atoms with van der Waals surface area (Å²) >= 11 is 0. The second-order valence-corrected chi connectivity index (χ2v) is 8.16. The van der Waals surface area contributed by atoms with Crippen LogP contribution in [0.5, 0.6) is 0 Å². The van der Waals surface area contributed by atoms with Gasteiger partial charge >= 0.3 is 5.97 Å². The van der Waals surface area contributed by atoms with Crippen molar-refractivity contribution in [1.82, 2.24) is 5.32 Å². The molecule has 0 aromatic heterocycles. The molecule has 2 rings (SSSR count). The Labute approximate surface area is 158 Å². The molecular weight excluding hydrogens is 368 g/mol. The number of amides is 1. The van der Waals surface area contributed by atoms with Crippen LogP contribution in [0.1, 0.15) is 29.8 Å². The smallest absolute Gasteiger partial charge is 0.326 e. The van der Waals surface area contributed by atoms with Gasteiger partial charge in [-0.1, -0.05) is 32.0 Å². The number of hydrogen-bond acceptors (Lipinski definition) is 4. The maximum Gasteiger partial charge on any atom is 0.326 e. The Morgan fingerprint density at radius 3 is 2.11 bits per heavy atom. The Hall–Kier alpha value is -2.87. The van der Waals surface area contributed by atoms with Crippen molar-refractivity contribution in [1.29, 1.82) is 0 Å². The number of carbonyl (C=O) groups is 2. The first-order chi connectivity index (χ1) is 12.6. The Bertz CT molecular complexity index is 937. The van der Waals surface area contributed by atoms with Crippen molar-refractivity contribution in [2.75, 3.05) is 4.72 Å². The van der Waals surface area contributed by atoms with Gasteiger partial charge in [-0.15, -0.1) is 0 Å². The fourth-order valence-corrected chi connectivity index (χ4v) is 3.55. The van der Waals surface area contributed by atoms with E-state index in [1.807, 2.05) is 6.07 Å². The lowest BCUT2D eigenvalue weighted by Crippen LogP contribution is -2.44. The van der Waals surface area contributed by atoms with Gasteiger partial charge in [0.15, 0.2) is 0 Å². The topological polar surface area (TPSA) is 113 Å². The molecule has 0 aliphatic heterocycles. The highest BCUT2D eigenvalue weighted by molar-refractivity contribution is 7.92. The minimum atomic E-state index is -3.80. The van der Waals surface area contributed by atoms with Crippen LogP contribution in [0.15, 0.2) is 53.4 Å². The number of carboxylic acids is 1. The minimum Gasteiger partial charge on any atom is -0.480 e. The van der Waals surface area contributed by atoms with E-state index in [2.05, 4.69) is 10.0 Å². The van der Waals surface area contributed by atoms with E-state index in [1.54, 1.807) is 39.0 Å². The summed E-state index contributed by atoms with van der Waals surface area (Å²) in [7, 11) is -3.80. The number of nitrogens with one attached hydrogen (secondary N) is 2.